The van der Waals surface area contributed by atoms with Crippen molar-refractivity contribution < 1.29 is 0 Å². The molecule has 2 N–H and O–H groups in total. The van der Waals surface area contributed by atoms with Gasteiger partial charge in [0.05, 0.1) is 0 Å². The lowest BCUT2D eigenvalue weighted by molar-refractivity contribution is 0.419. The van der Waals surface area contributed by atoms with Gasteiger partial charge >= 0.3 is 0 Å². The van der Waals surface area contributed by atoms with Crippen molar-refractivity contribution in [2.45, 2.75) is 31.7 Å². The molecule has 1 heterocycles. The monoisotopic (exact) mass is 268 g/mol. The van der Waals surface area contributed by atoms with E-state index in [-0.39, 0.29) is 0 Å². The van der Waals surface area contributed by atoms with Crippen molar-refractivity contribution >= 4 is 5.69 Å². The third-order valence-electron chi connectivity index (χ3n) is 6.48. The summed E-state index contributed by atoms with van der Waals surface area (Å²) in [5.41, 5.74) is 2.85. The molecule has 0 aromatic heterocycles. The molecule has 2 nitrogen and oxygen atoms in total. The first kappa shape index (κ1) is 11.6. The SMILES string of the molecule is c1ccc2c(c1)CC(CNC1C3C4CCC(C4)C13)CN2. The molecule has 1 aromatic carbocycles. The molecule has 0 saturated heterocycles. The van der Waals surface area contributed by atoms with E-state index in [1.165, 1.54) is 37.1 Å². The molecule has 0 spiro atoms. The van der Waals surface area contributed by atoms with Gasteiger partial charge in [-0.3, -0.25) is 0 Å². The minimum absolute atomic E-state index is 0.767. The molecule has 3 saturated carbocycles. The second-order valence-electron chi connectivity index (χ2n) is 7.53. The molecule has 5 unspecified atom stereocenters. The molecule has 0 radical (unpaired) electrons. The number of nitrogens with one attached hydrogen (secondary N) is 2. The van der Waals surface area contributed by atoms with E-state index >= 15 is 0 Å². The summed E-state index contributed by atoms with van der Waals surface area (Å²) in [5.74, 6) is 5.08. The topological polar surface area (TPSA) is 24.1 Å². The summed E-state index contributed by atoms with van der Waals surface area (Å²) < 4.78 is 0. The van der Waals surface area contributed by atoms with Gasteiger partial charge in [0.2, 0.25) is 0 Å². The van der Waals surface area contributed by atoms with Crippen LogP contribution in [-0.4, -0.2) is 19.1 Å². The molecule has 1 aliphatic heterocycles. The van der Waals surface area contributed by atoms with Gasteiger partial charge < -0.3 is 10.6 Å². The van der Waals surface area contributed by atoms with Crippen molar-refractivity contribution in [1.29, 1.82) is 0 Å². The number of rotatable bonds is 3. The van der Waals surface area contributed by atoms with Crippen molar-refractivity contribution in [2.75, 3.05) is 18.4 Å². The van der Waals surface area contributed by atoms with Crippen LogP contribution in [0.4, 0.5) is 5.69 Å². The van der Waals surface area contributed by atoms with E-state index in [0.29, 0.717) is 0 Å². The third kappa shape index (κ3) is 1.67. The zero-order chi connectivity index (χ0) is 13.1. The molecule has 20 heavy (non-hydrogen) atoms. The summed E-state index contributed by atoms with van der Waals surface area (Å²) >= 11 is 0. The standard InChI is InChI=1S/C18H24N2/c1-2-4-15-12(3-1)7-11(9-19-15)10-20-18-16-13-5-6-14(8-13)17(16)18/h1-4,11,13-14,16-20H,5-10H2. The molecule has 3 fully saturated rings. The van der Waals surface area contributed by atoms with Gasteiger partial charge in [0, 0.05) is 24.8 Å². The highest BCUT2D eigenvalue weighted by atomic mass is 15.0. The van der Waals surface area contributed by atoms with E-state index in [9.17, 15) is 0 Å². The number of benzene rings is 1. The predicted molar refractivity (Wildman–Crippen MR) is 81.7 cm³/mol. The van der Waals surface area contributed by atoms with Gasteiger partial charge in [-0.1, -0.05) is 18.2 Å². The van der Waals surface area contributed by atoms with Crippen LogP contribution in [0.3, 0.4) is 0 Å². The summed E-state index contributed by atoms with van der Waals surface area (Å²) in [6, 6.07) is 9.67. The van der Waals surface area contributed by atoms with Crippen molar-refractivity contribution in [3.05, 3.63) is 29.8 Å². The Kier molecular flexibility index (Phi) is 2.46. The first-order valence-electron chi connectivity index (χ1n) is 8.45. The summed E-state index contributed by atoms with van der Waals surface area (Å²) in [6.07, 6.45) is 5.86. The molecule has 2 heteroatoms. The van der Waals surface area contributed by atoms with Crippen LogP contribution in [0.15, 0.2) is 24.3 Å². The Hall–Kier alpha value is -1.02. The highest BCUT2D eigenvalue weighted by Gasteiger charge is 2.64. The van der Waals surface area contributed by atoms with Crippen molar-refractivity contribution in [1.82, 2.24) is 5.32 Å². The molecule has 5 rings (SSSR count). The van der Waals surface area contributed by atoms with Crippen LogP contribution in [0.2, 0.25) is 0 Å². The van der Waals surface area contributed by atoms with Gasteiger partial charge in [0.25, 0.3) is 0 Å². The molecule has 4 aliphatic rings. The fourth-order valence-electron chi connectivity index (χ4n) is 5.55. The summed E-state index contributed by atoms with van der Waals surface area (Å²) in [5, 5.41) is 7.52. The van der Waals surface area contributed by atoms with E-state index in [0.717, 1.165) is 42.2 Å². The lowest BCUT2D eigenvalue weighted by Gasteiger charge is -2.26. The lowest BCUT2D eigenvalue weighted by atomic mass is 9.94. The second kappa shape index (κ2) is 4.24. The Balaban J connectivity index is 1.19. The van der Waals surface area contributed by atoms with E-state index in [1.807, 2.05) is 0 Å². The average Bonchev–Trinajstić information content (AvgIpc) is 2.88. The zero-order valence-corrected chi connectivity index (χ0v) is 12.0. The fraction of sp³-hybridized carbons (Fsp3) is 0.667. The smallest absolute Gasteiger partial charge is 0.0372 e. The van der Waals surface area contributed by atoms with Gasteiger partial charge in [-0.15, -0.1) is 0 Å². The van der Waals surface area contributed by atoms with Crippen LogP contribution in [0.1, 0.15) is 24.8 Å². The van der Waals surface area contributed by atoms with Gasteiger partial charge in [-0.05, 0) is 66.9 Å². The quantitative estimate of drug-likeness (QED) is 0.881. The van der Waals surface area contributed by atoms with Crippen LogP contribution in [0.5, 0.6) is 0 Å². The Morgan fingerprint density at radius 2 is 1.90 bits per heavy atom. The Labute approximate surface area is 121 Å². The molecule has 5 atom stereocenters. The Morgan fingerprint density at radius 1 is 1.10 bits per heavy atom. The molecular formula is C18H24N2. The minimum Gasteiger partial charge on any atom is -0.384 e. The lowest BCUT2D eigenvalue weighted by Crippen LogP contribution is -2.35. The minimum atomic E-state index is 0.767. The number of para-hydroxylation sites is 1. The largest absolute Gasteiger partial charge is 0.384 e. The second-order valence-corrected chi connectivity index (χ2v) is 7.53. The van der Waals surface area contributed by atoms with Crippen molar-refractivity contribution in [3.8, 4) is 0 Å². The summed E-state index contributed by atoms with van der Waals surface area (Å²) in [4.78, 5) is 0. The number of hydrogen-bond acceptors (Lipinski definition) is 2. The van der Waals surface area contributed by atoms with Crippen LogP contribution < -0.4 is 10.6 Å². The van der Waals surface area contributed by atoms with Crippen LogP contribution >= 0.6 is 0 Å². The van der Waals surface area contributed by atoms with Gasteiger partial charge in [0.1, 0.15) is 0 Å². The van der Waals surface area contributed by atoms with E-state index in [4.69, 9.17) is 0 Å². The molecule has 2 bridgehead atoms. The number of anilines is 1. The third-order valence-corrected chi connectivity index (χ3v) is 6.48. The normalized spacial score (nSPS) is 43.8. The number of fused-ring (bicyclic) bond motifs is 6. The van der Waals surface area contributed by atoms with E-state index in [2.05, 4.69) is 34.9 Å². The zero-order valence-electron chi connectivity index (χ0n) is 12.0. The van der Waals surface area contributed by atoms with Gasteiger partial charge in [-0.2, -0.15) is 0 Å². The van der Waals surface area contributed by atoms with Gasteiger partial charge in [-0.25, -0.2) is 0 Å². The van der Waals surface area contributed by atoms with Crippen LogP contribution in [-0.2, 0) is 6.42 Å². The van der Waals surface area contributed by atoms with Crippen molar-refractivity contribution in [2.24, 2.45) is 29.6 Å². The first-order chi connectivity index (χ1) is 9.90. The molecular weight excluding hydrogens is 244 g/mol. The van der Waals surface area contributed by atoms with E-state index in [1.54, 1.807) is 6.42 Å². The predicted octanol–water partition coefficient (Wildman–Crippen LogP) is 2.90. The van der Waals surface area contributed by atoms with E-state index < -0.39 is 0 Å². The molecule has 3 aliphatic carbocycles. The molecule has 1 aromatic rings. The summed E-state index contributed by atoms with van der Waals surface area (Å²) in [6.45, 7) is 2.34. The fourth-order valence-corrected chi connectivity index (χ4v) is 5.55. The Morgan fingerprint density at radius 3 is 2.75 bits per heavy atom. The highest BCUT2D eigenvalue weighted by molar-refractivity contribution is 5.53. The van der Waals surface area contributed by atoms with Crippen LogP contribution in [0.25, 0.3) is 0 Å². The summed E-state index contributed by atoms with van der Waals surface area (Å²) in [7, 11) is 0. The number of hydrogen-bond donors (Lipinski definition) is 2. The van der Waals surface area contributed by atoms with Gasteiger partial charge in [0.15, 0.2) is 0 Å². The first-order valence-corrected chi connectivity index (χ1v) is 8.45. The highest BCUT2D eigenvalue weighted by Crippen LogP contribution is 2.65. The van der Waals surface area contributed by atoms with Crippen LogP contribution in [0, 0.1) is 29.6 Å². The average molecular weight is 268 g/mol. The maximum absolute atomic E-state index is 3.92. The molecule has 0 amide bonds. The molecule has 106 valence electrons. The Bertz CT molecular complexity index is 510. The maximum atomic E-state index is 3.92. The maximum Gasteiger partial charge on any atom is 0.0372 e. The van der Waals surface area contributed by atoms with Crippen molar-refractivity contribution in [3.63, 3.8) is 0 Å².